The summed E-state index contributed by atoms with van der Waals surface area (Å²) in [7, 11) is -3.60. The molecule has 0 atom stereocenters. The van der Waals surface area contributed by atoms with Crippen molar-refractivity contribution in [3.63, 3.8) is 0 Å². The van der Waals surface area contributed by atoms with Crippen LogP contribution in [-0.4, -0.2) is 6.61 Å². The highest BCUT2D eigenvalue weighted by molar-refractivity contribution is 7.48. The Hall–Kier alpha value is -1.45. The summed E-state index contributed by atoms with van der Waals surface area (Å²) in [5.41, 5.74) is 1.82. The lowest BCUT2D eigenvalue weighted by Crippen LogP contribution is -2.02. The van der Waals surface area contributed by atoms with Gasteiger partial charge in [-0.2, -0.15) is 0 Å². The SMILES string of the molecule is C[CH]COP(=O)(OCc1ccccc1)OCc1ccccc1. The van der Waals surface area contributed by atoms with Crippen LogP contribution in [0, 0.1) is 6.42 Å². The molecule has 4 nitrogen and oxygen atoms in total. The second-order valence-electron chi connectivity index (χ2n) is 4.67. The number of phosphoric acid groups is 1. The first-order valence-corrected chi connectivity index (χ1v) is 8.57. The summed E-state index contributed by atoms with van der Waals surface area (Å²) in [6.45, 7) is 2.38. The Morgan fingerprint density at radius 1 is 0.818 bits per heavy atom. The highest BCUT2D eigenvalue weighted by atomic mass is 31.2. The number of hydrogen-bond donors (Lipinski definition) is 0. The van der Waals surface area contributed by atoms with Crippen molar-refractivity contribution in [1.29, 1.82) is 0 Å². The molecule has 2 aromatic carbocycles. The van der Waals surface area contributed by atoms with Crippen LogP contribution in [0.5, 0.6) is 0 Å². The van der Waals surface area contributed by atoms with Crippen molar-refractivity contribution < 1.29 is 18.1 Å². The highest BCUT2D eigenvalue weighted by Gasteiger charge is 2.26. The van der Waals surface area contributed by atoms with E-state index in [1.807, 2.05) is 67.6 Å². The monoisotopic (exact) mass is 319 g/mol. The summed E-state index contributed by atoms with van der Waals surface area (Å²) in [5, 5.41) is 0. The summed E-state index contributed by atoms with van der Waals surface area (Å²) in [5.74, 6) is 0. The number of phosphoric ester groups is 1. The molecule has 1 radical (unpaired) electrons. The summed E-state index contributed by atoms with van der Waals surface area (Å²) >= 11 is 0. The van der Waals surface area contributed by atoms with Crippen LogP contribution in [0.25, 0.3) is 0 Å². The van der Waals surface area contributed by atoms with Gasteiger partial charge >= 0.3 is 7.82 Å². The molecule has 0 aromatic heterocycles. The second kappa shape index (κ2) is 8.86. The van der Waals surface area contributed by atoms with Crippen LogP contribution in [-0.2, 0) is 31.4 Å². The van der Waals surface area contributed by atoms with Crippen LogP contribution in [0.4, 0.5) is 0 Å². The molecule has 0 amide bonds. The minimum Gasteiger partial charge on any atom is -0.287 e. The van der Waals surface area contributed by atoms with Crippen molar-refractivity contribution >= 4 is 7.82 Å². The van der Waals surface area contributed by atoms with Gasteiger partial charge in [0, 0.05) is 0 Å². The highest BCUT2D eigenvalue weighted by Crippen LogP contribution is 2.50. The average Bonchev–Trinajstić information content (AvgIpc) is 2.59. The van der Waals surface area contributed by atoms with Gasteiger partial charge in [0.15, 0.2) is 0 Å². The quantitative estimate of drug-likeness (QED) is 0.625. The van der Waals surface area contributed by atoms with Crippen molar-refractivity contribution in [1.82, 2.24) is 0 Å². The maximum Gasteiger partial charge on any atom is 0.475 e. The van der Waals surface area contributed by atoms with Gasteiger partial charge in [0.05, 0.1) is 19.8 Å². The summed E-state index contributed by atoms with van der Waals surface area (Å²) < 4.78 is 28.8. The molecule has 2 aromatic rings. The summed E-state index contributed by atoms with van der Waals surface area (Å²) in [6.07, 6.45) is 1.75. The zero-order chi connectivity index (χ0) is 15.7. The third-order valence-corrected chi connectivity index (χ3v) is 4.22. The van der Waals surface area contributed by atoms with Gasteiger partial charge in [-0.3, -0.25) is 13.6 Å². The van der Waals surface area contributed by atoms with E-state index in [1.165, 1.54) is 0 Å². The molecule has 0 aliphatic carbocycles. The lowest BCUT2D eigenvalue weighted by Gasteiger charge is -2.18. The van der Waals surface area contributed by atoms with Crippen LogP contribution in [0.2, 0.25) is 0 Å². The van der Waals surface area contributed by atoms with E-state index in [9.17, 15) is 4.57 Å². The van der Waals surface area contributed by atoms with E-state index < -0.39 is 7.82 Å². The first-order chi connectivity index (χ1) is 10.7. The molecular weight excluding hydrogens is 299 g/mol. The van der Waals surface area contributed by atoms with Crippen molar-refractivity contribution in [2.75, 3.05) is 6.61 Å². The van der Waals surface area contributed by atoms with Gasteiger partial charge in [-0.05, 0) is 17.5 Å². The molecule has 0 spiro atoms. The molecule has 2 rings (SSSR count). The minimum absolute atomic E-state index is 0.177. The van der Waals surface area contributed by atoms with E-state index in [0.717, 1.165) is 11.1 Å². The summed E-state index contributed by atoms with van der Waals surface area (Å²) in [6, 6.07) is 19.0. The Kier molecular flexibility index (Phi) is 6.81. The van der Waals surface area contributed by atoms with Crippen molar-refractivity contribution in [2.45, 2.75) is 20.1 Å². The van der Waals surface area contributed by atoms with E-state index in [2.05, 4.69) is 0 Å². The van der Waals surface area contributed by atoms with Gasteiger partial charge in [-0.1, -0.05) is 67.6 Å². The first kappa shape index (κ1) is 16.9. The van der Waals surface area contributed by atoms with E-state index >= 15 is 0 Å². The fourth-order valence-electron chi connectivity index (χ4n) is 1.73. The summed E-state index contributed by atoms with van der Waals surface area (Å²) in [4.78, 5) is 0. The van der Waals surface area contributed by atoms with Crippen molar-refractivity contribution in [3.05, 3.63) is 78.2 Å². The fraction of sp³-hybridized carbons (Fsp3) is 0.235. The normalized spacial score (nSPS) is 11.5. The minimum atomic E-state index is -3.60. The van der Waals surface area contributed by atoms with Crippen LogP contribution in [0.3, 0.4) is 0 Å². The van der Waals surface area contributed by atoms with Gasteiger partial charge in [0.2, 0.25) is 0 Å². The zero-order valence-corrected chi connectivity index (χ0v) is 13.4. The molecular formula is C17H20O4P. The predicted molar refractivity (Wildman–Crippen MR) is 86.0 cm³/mol. The van der Waals surface area contributed by atoms with Crippen LogP contribution in [0.15, 0.2) is 60.7 Å². The molecule has 0 saturated heterocycles. The van der Waals surface area contributed by atoms with E-state index in [4.69, 9.17) is 13.6 Å². The topological polar surface area (TPSA) is 44.8 Å². The van der Waals surface area contributed by atoms with Gasteiger partial charge in [0.25, 0.3) is 0 Å². The Morgan fingerprint density at radius 2 is 1.27 bits per heavy atom. The van der Waals surface area contributed by atoms with Crippen LogP contribution in [0.1, 0.15) is 18.1 Å². The van der Waals surface area contributed by atoms with Crippen LogP contribution >= 0.6 is 7.82 Å². The zero-order valence-electron chi connectivity index (χ0n) is 12.6. The maximum absolute atomic E-state index is 12.6. The molecule has 22 heavy (non-hydrogen) atoms. The Labute approximate surface area is 131 Å². The van der Waals surface area contributed by atoms with Crippen LogP contribution < -0.4 is 0 Å². The van der Waals surface area contributed by atoms with E-state index in [-0.39, 0.29) is 19.8 Å². The molecule has 0 N–H and O–H groups in total. The lowest BCUT2D eigenvalue weighted by molar-refractivity contribution is 0.109. The molecule has 0 unspecified atom stereocenters. The largest absolute Gasteiger partial charge is 0.475 e. The Morgan fingerprint density at radius 3 is 1.68 bits per heavy atom. The Bertz CT molecular complexity index is 539. The van der Waals surface area contributed by atoms with Gasteiger partial charge in [-0.15, -0.1) is 0 Å². The van der Waals surface area contributed by atoms with E-state index in [0.29, 0.717) is 0 Å². The number of hydrogen-bond acceptors (Lipinski definition) is 4. The number of rotatable bonds is 9. The van der Waals surface area contributed by atoms with Gasteiger partial charge in [0.1, 0.15) is 0 Å². The van der Waals surface area contributed by atoms with Gasteiger partial charge < -0.3 is 0 Å². The van der Waals surface area contributed by atoms with Crippen molar-refractivity contribution in [2.24, 2.45) is 0 Å². The molecule has 0 heterocycles. The van der Waals surface area contributed by atoms with Gasteiger partial charge in [-0.25, -0.2) is 4.57 Å². The molecule has 0 fully saturated rings. The smallest absolute Gasteiger partial charge is 0.287 e. The third-order valence-electron chi connectivity index (χ3n) is 2.86. The molecule has 5 heteroatoms. The molecule has 0 saturated carbocycles. The van der Waals surface area contributed by atoms with E-state index in [1.54, 1.807) is 6.42 Å². The lowest BCUT2D eigenvalue weighted by atomic mass is 10.2. The van der Waals surface area contributed by atoms with Crippen molar-refractivity contribution in [3.8, 4) is 0 Å². The standard InChI is InChI=1S/C17H20O4P/c1-2-13-19-22(18,20-14-16-9-5-3-6-10-16)21-15-17-11-7-4-8-12-17/h2-12H,13-15H2,1H3. The molecule has 0 aliphatic rings. The molecule has 0 aliphatic heterocycles. The fourth-order valence-corrected chi connectivity index (χ4v) is 2.90. The molecule has 0 bridgehead atoms. The average molecular weight is 319 g/mol. The maximum atomic E-state index is 12.6. The third kappa shape index (κ3) is 5.74. The Balaban J connectivity index is 1.95. The molecule has 117 valence electrons. The first-order valence-electron chi connectivity index (χ1n) is 7.11. The second-order valence-corrected chi connectivity index (χ2v) is 6.34. The predicted octanol–water partition coefficient (Wildman–Crippen LogP) is 4.77. The number of benzene rings is 2.